The van der Waals surface area contributed by atoms with E-state index in [-0.39, 0.29) is 0 Å². The molecule has 0 aromatic heterocycles. The zero-order chi connectivity index (χ0) is 8.27. The maximum Gasteiger partial charge on any atom is 0.0456 e. The second-order valence-electron chi connectivity index (χ2n) is 2.27. The molecule has 0 bridgehead atoms. The summed E-state index contributed by atoms with van der Waals surface area (Å²) in [6.45, 7) is 1.99. The molecule has 1 N–H and O–H groups in total. The Morgan fingerprint density at radius 2 is 2.18 bits per heavy atom. The molecule has 11 heavy (non-hydrogen) atoms. The van der Waals surface area contributed by atoms with E-state index < -0.39 is 0 Å². The van der Waals surface area contributed by atoms with E-state index in [1.165, 1.54) is 0 Å². The van der Waals surface area contributed by atoms with Crippen LogP contribution in [0.4, 0.5) is 5.69 Å². The molecule has 1 aromatic rings. The van der Waals surface area contributed by atoms with Crippen molar-refractivity contribution in [2.75, 3.05) is 11.0 Å². The van der Waals surface area contributed by atoms with Gasteiger partial charge in [-0.3, -0.25) is 0 Å². The van der Waals surface area contributed by atoms with Crippen LogP contribution in [-0.4, -0.2) is 6.26 Å². The smallest absolute Gasteiger partial charge is 0.0456 e. The molecule has 0 spiro atoms. The zero-order valence-corrected chi connectivity index (χ0v) is 8.09. The van der Waals surface area contributed by atoms with E-state index in [4.69, 9.17) is 11.6 Å². The van der Waals surface area contributed by atoms with Crippen molar-refractivity contribution in [3.8, 4) is 0 Å². The summed E-state index contributed by atoms with van der Waals surface area (Å²) in [4.78, 5) is 0. The van der Waals surface area contributed by atoms with Crippen LogP contribution in [0.3, 0.4) is 0 Å². The Labute approximate surface area is 76.3 Å². The molecule has 0 saturated heterocycles. The largest absolute Gasteiger partial charge is 0.330 e. The van der Waals surface area contributed by atoms with Crippen molar-refractivity contribution in [3.05, 3.63) is 28.8 Å². The van der Waals surface area contributed by atoms with E-state index in [0.29, 0.717) is 0 Å². The van der Waals surface area contributed by atoms with Gasteiger partial charge in [0.25, 0.3) is 0 Å². The van der Waals surface area contributed by atoms with Crippen molar-refractivity contribution in [3.63, 3.8) is 0 Å². The summed E-state index contributed by atoms with van der Waals surface area (Å²) in [6, 6.07) is 5.94. The molecule has 0 amide bonds. The Morgan fingerprint density at radius 1 is 1.45 bits per heavy atom. The molecule has 0 aliphatic rings. The summed E-state index contributed by atoms with van der Waals surface area (Å²) in [5, 5.41) is 0.809. The van der Waals surface area contributed by atoms with Gasteiger partial charge in [-0.25, -0.2) is 0 Å². The summed E-state index contributed by atoms with van der Waals surface area (Å²) in [7, 11) is 0. The highest BCUT2D eigenvalue weighted by atomic mass is 35.5. The monoisotopic (exact) mass is 187 g/mol. The van der Waals surface area contributed by atoms with Gasteiger partial charge in [-0.15, -0.1) is 0 Å². The standard InChI is InChI=1S/C8H10ClNS/c1-6-3-4-7(10-11-2)5-8(6)9/h3-5,10H,1-2H3. The van der Waals surface area contributed by atoms with Crippen LogP contribution in [0.15, 0.2) is 18.2 Å². The Morgan fingerprint density at radius 3 is 2.73 bits per heavy atom. The fraction of sp³-hybridized carbons (Fsp3) is 0.250. The maximum atomic E-state index is 5.90. The van der Waals surface area contributed by atoms with E-state index >= 15 is 0 Å². The third-order valence-corrected chi connectivity index (χ3v) is 2.24. The number of nitrogens with one attached hydrogen (secondary N) is 1. The molecule has 0 unspecified atom stereocenters. The van der Waals surface area contributed by atoms with Gasteiger partial charge in [0.15, 0.2) is 0 Å². The van der Waals surface area contributed by atoms with Crippen molar-refractivity contribution < 1.29 is 0 Å². The summed E-state index contributed by atoms with van der Waals surface area (Å²) in [6.07, 6.45) is 1.98. The fourth-order valence-electron chi connectivity index (χ4n) is 0.774. The van der Waals surface area contributed by atoms with Gasteiger partial charge in [0.05, 0.1) is 0 Å². The van der Waals surface area contributed by atoms with E-state index in [0.717, 1.165) is 16.3 Å². The first-order chi connectivity index (χ1) is 5.24. The maximum absolute atomic E-state index is 5.90. The molecular weight excluding hydrogens is 178 g/mol. The predicted molar refractivity (Wildman–Crippen MR) is 53.3 cm³/mol. The van der Waals surface area contributed by atoms with Gasteiger partial charge in [-0.05, 0) is 24.6 Å². The van der Waals surface area contributed by atoms with Crippen LogP contribution >= 0.6 is 23.5 Å². The van der Waals surface area contributed by atoms with Crippen LogP contribution < -0.4 is 4.72 Å². The van der Waals surface area contributed by atoms with Crippen molar-refractivity contribution in [1.29, 1.82) is 0 Å². The van der Waals surface area contributed by atoms with Crippen molar-refractivity contribution in [1.82, 2.24) is 0 Å². The molecule has 1 aromatic carbocycles. The van der Waals surface area contributed by atoms with Crippen LogP contribution in [0.25, 0.3) is 0 Å². The molecule has 0 radical (unpaired) electrons. The molecule has 0 fully saturated rings. The Kier molecular flexibility index (Phi) is 3.09. The number of aryl methyl sites for hydroxylation is 1. The SMILES string of the molecule is CSNc1ccc(C)c(Cl)c1. The molecule has 1 rings (SSSR count). The Bertz CT molecular complexity index is 250. The zero-order valence-electron chi connectivity index (χ0n) is 6.52. The average Bonchev–Trinajstić information content (AvgIpc) is 1.98. The molecule has 3 heteroatoms. The lowest BCUT2D eigenvalue weighted by Crippen LogP contribution is -1.84. The third kappa shape index (κ3) is 2.31. The molecule has 60 valence electrons. The van der Waals surface area contributed by atoms with Crippen LogP contribution in [0, 0.1) is 6.92 Å². The topological polar surface area (TPSA) is 12.0 Å². The number of anilines is 1. The third-order valence-electron chi connectivity index (χ3n) is 1.39. The quantitative estimate of drug-likeness (QED) is 0.713. The van der Waals surface area contributed by atoms with Crippen molar-refractivity contribution in [2.24, 2.45) is 0 Å². The molecule has 0 saturated carbocycles. The van der Waals surface area contributed by atoms with Gasteiger partial charge in [-0.2, -0.15) is 0 Å². The molecule has 0 aliphatic heterocycles. The molecule has 1 nitrogen and oxygen atoms in total. The summed E-state index contributed by atoms with van der Waals surface area (Å²) >= 11 is 7.46. The highest BCUT2D eigenvalue weighted by Crippen LogP contribution is 2.21. The lowest BCUT2D eigenvalue weighted by Gasteiger charge is -2.03. The average molecular weight is 188 g/mol. The van der Waals surface area contributed by atoms with Gasteiger partial charge < -0.3 is 4.72 Å². The number of benzene rings is 1. The normalized spacial score (nSPS) is 9.73. The molecule has 0 aliphatic carbocycles. The van der Waals surface area contributed by atoms with E-state index in [2.05, 4.69) is 4.72 Å². The van der Waals surface area contributed by atoms with E-state index in [1.807, 2.05) is 31.4 Å². The number of hydrogen-bond acceptors (Lipinski definition) is 2. The minimum absolute atomic E-state index is 0.809. The van der Waals surface area contributed by atoms with Crippen LogP contribution in [0.5, 0.6) is 0 Å². The van der Waals surface area contributed by atoms with Crippen molar-refractivity contribution in [2.45, 2.75) is 6.92 Å². The summed E-state index contributed by atoms with van der Waals surface area (Å²) < 4.78 is 3.11. The van der Waals surface area contributed by atoms with Crippen molar-refractivity contribution >= 4 is 29.2 Å². The Hall–Kier alpha value is -0.340. The second-order valence-corrected chi connectivity index (χ2v) is 3.29. The second kappa shape index (κ2) is 3.88. The Balaban J connectivity index is 2.86. The van der Waals surface area contributed by atoms with Gasteiger partial charge in [0.2, 0.25) is 0 Å². The van der Waals surface area contributed by atoms with Gasteiger partial charge in [0.1, 0.15) is 0 Å². The van der Waals surface area contributed by atoms with E-state index in [9.17, 15) is 0 Å². The van der Waals surface area contributed by atoms with Crippen LogP contribution in [0.2, 0.25) is 5.02 Å². The number of rotatable bonds is 2. The van der Waals surface area contributed by atoms with Gasteiger partial charge in [-0.1, -0.05) is 29.6 Å². The summed E-state index contributed by atoms with van der Waals surface area (Å²) in [5.41, 5.74) is 2.16. The number of halogens is 1. The minimum atomic E-state index is 0.809. The first kappa shape index (κ1) is 8.75. The molecular formula is C8H10ClNS. The lowest BCUT2D eigenvalue weighted by atomic mass is 10.2. The van der Waals surface area contributed by atoms with E-state index in [1.54, 1.807) is 11.9 Å². The minimum Gasteiger partial charge on any atom is -0.330 e. The highest BCUT2D eigenvalue weighted by molar-refractivity contribution is 7.99. The number of hydrogen-bond donors (Lipinski definition) is 1. The molecule has 0 atom stereocenters. The van der Waals surface area contributed by atoms with Crippen LogP contribution in [-0.2, 0) is 0 Å². The fourth-order valence-corrected chi connectivity index (χ4v) is 1.32. The van der Waals surface area contributed by atoms with Gasteiger partial charge in [0, 0.05) is 17.0 Å². The highest BCUT2D eigenvalue weighted by Gasteiger charge is 1.95. The summed E-state index contributed by atoms with van der Waals surface area (Å²) in [5.74, 6) is 0. The van der Waals surface area contributed by atoms with Gasteiger partial charge >= 0.3 is 0 Å². The molecule has 0 heterocycles. The van der Waals surface area contributed by atoms with Crippen LogP contribution in [0.1, 0.15) is 5.56 Å². The first-order valence-electron chi connectivity index (χ1n) is 3.29. The first-order valence-corrected chi connectivity index (χ1v) is 4.89. The lowest BCUT2D eigenvalue weighted by molar-refractivity contribution is 1.47. The predicted octanol–water partition coefficient (Wildman–Crippen LogP) is 3.34.